The van der Waals surface area contributed by atoms with E-state index in [1.807, 2.05) is 66.1 Å². The van der Waals surface area contributed by atoms with E-state index in [0.29, 0.717) is 12.2 Å². The van der Waals surface area contributed by atoms with Crippen molar-refractivity contribution in [1.29, 1.82) is 0 Å². The van der Waals surface area contributed by atoms with Crippen LogP contribution in [0.5, 0.6) is 5.88 Å². The van der Waals surface area contributed by atoms with Gasteiger partial charge in [0.15, 0.2) is 5.69 Å². The largest absolute Gasteiger partial charge is 0.493 e. The fourth-order valence-corrected chi connectivity index (χ4v) is 3.71. The van der Waals surface area contributed by atoms with Gasteiger partial charge in [-0.3, -0.25) is 0 Å². The Hall–Kier alpha value is -3.51. The van der Waals surface area contributed by atoms with E-state index in [9.17, 15) is 5.11 Å². The smallest absolute Gasteiger partial charge is 0.221 e. The number of aromatic nitrogens is 1. The van der Waals surface area contributed by atoms with E-state index >= 15 is 0 Å². The van der Waals surface area contributed by atoms with Crippen molar-refractivity contribution in [3.05, 3.63) is 89.0 Å². The zero-order valence-corrected chi connectivity index (χ0v) is 18.6. The molecule has 1 heterocycles. The third-order valence-corrected chi connectivity index (χ3v) is 5.69. The molecule has 31 heavy (non-hydrogen) atoms. The minimum Gasteiger partial charge on any atom is -0.493 e. The van der Waals surface area contributed by atoms with E-state index in [4.69, 9.17) is 12.2 Å². The highest BCUT2D eigenvalue weighted by atomic mass is 32.1. The number of fused-ring (bicyclic) bond motifs is 1. The van der Waals surface area contributed by atoms with Crippen molar-refractivity contribution in [1.82, 2.24) is 4.57 Å². The first-order chi connectivity index (χ1) is 14.9. The van der Waals surface area contributed by atoms with Gasteiger partial charge in [0.2, 0.25) is 11.0 Å². The van der Waals surface area contributed by atoms with Crippen LogP contribution in [0.1, 0.15) is 22.3 Å². The summed E-state index contributed by atoms with van der Waals surface area (Å²) in [5.74, 6) is 0.0715. The van der Waals surface area contributed by atoms with Gasteiger partial charge in [-0.05, 0) is 73.4 Å². The van der Waals surface area contributed by atoms with Crippen molar-refractivity contribution < 1.29 is 5.11 Å². The molecule has 0 aliphatic rings. The van der Waals surface area contributed by atoms with Crippen molar-refractivity contribution >= 4 is 39.6 Å². The van der Waals surface area contributed by atoms with E-state index < -0.39 is 0 Å². The molecule has 0 fully saturated rings. The summed E-state index contributed by atoms with van der Waals surface area (Å²) in [5.41, 5.74) is 6.85. The molecule has 0 saturated heterocycles. The molecular formula is C25H24N4OS. The van der Waals surface area contributed by atoms with E-state index in [-0.39, 0.29) is 11.0 Å². The Morgan fingerprint density at radius 3 is 2.45 bits per heavy atom. The minimum absolute atomic E-state index is 0.0715. The summed E-state index contributed by atoms with van der Waals surface area (Å²) in [5, 5.41) is 23.6. The monoisotopic (exact) mass is 428 g/mol. The Morgan fingerprint density at radius 1 is 0.935 bits per heavy atom. The molecule has 0 radical (unpaired) electrons. The number of azo groups is 1. The van der Waals surface area contributed by atoms with Gasteiger partial charge in [-0.1, -0.05) is 48.5 Å². The maximum Gasteiger partial charge on any atom is 0.221 e. The highest BCUT2D eigenvalue weighted by Gasteiger charge is 2.17. The van der Waals surface area contributed by atoms with Gasteiger partial charge in [-0.2, -0.15) is 0 Å². The van der Waals surface area contributed by atoms with Gasteiger partial charge in [-0.25, -0.2) is 0 Å². The highest BCUT2D eigenvalue weighted by molar-refractivity contribution is 7.80. The number of thiocarbonyl (C=S) groups is 1. The summed E-state index contributed by atoms with van der Waals surface area (Å²) in [7, 11) is 0. The highest BCUT2D eigenvalue weighted by Crippen LogP contribution is 2.39. The zero-order valence-electron chi connectivity index (χ0n) is 17.8. The number of hydrogen-bond donors (Lipinski definition) is 2. The van der Waals surface area contributed by atoms with Crippen LogP contribution >= 0.6 is 12.2 Å². The summed E-state index contributed by atoms with van der Waals surface area (Å²) in [4.78, 5) is 0. The number of para-hydroxylation sites is 1. The second-order valence-corrected chi connectivity index (χ2v) is 8.02. The molecule has 0 atom stereocenters. The third kappa shape index (κ3) is 4.34. The molecule has 1 aromatic heterocycles. The molecule has 3 aromatic carbocycles. The van der Waals surface area contributed by atoms with E-state index in [1.54, 1.807) is 0 Å². The van der Waals surface area contributed by atoms with E-state index in [1.165, 1.54) is 16.7 Å². The van der Waals surface area contributed by atoms with E-state index in [2.05, 4.69) is 41.5 Å². The van der Waals surface area contributed by atoms with Crippen LogP contribution in [0.3, 0.4) is 0 Å². The van der Waals surface area contributed by atoms with Crippen LogP contribution in [0.4, 0.5) is 11.4 Å². The summed E-state index contributed by atoms with van der Waals surface area (Å²) in [6.07, 6.45) is 0. The van der Waals surface area contributed by atoms with Gasteiger partial charge in [-0.15, -0.1) is 10.2 Å². The van der Waals surface area contributed by atoms with Crippen LogP contribution in [0.2, 0.25) is 0 Å². The Balaban J connectivity index is 1.64. The molecule has 6 heteroatoms. The maximum atomic E-state index is 11.0. The number of aromatic hydroxyl groups is 1. The number of aryl methyl sites for hydroxylation is 3. The lowest BCUT2D eigenvalue weighted by Gasteiger charge is -2.09. The first kappa shape index (κ1) is 20.8. The normalized spacial score (nSPS) is 11.3. The number of nitrogens with one attached hydrogen (secondary N) is 1. The number of rotatable bonds is 4. The molecular weight excluding hydrogens is 404 g/mol. The molecule has 0 unspecified atom stereocenters. The lowest BCUT2D eigenvalue weighted by molar-refractivity contribution is 0.429. The molecule has 0 aliphatic carbocycles. The predicted molar refractivity (Wildman–Crippen MR) is 131 cm³/mol. The number of hydrogen-bond acceptors (Lipinski definition) is 3. The van der Waals surface area contributed by atoms with Gasteiger partial charge in [0.25, 0.3) is 0 Å². The van der Waals surface area contributed by atoms with Crippen LogP contribution < -0.4 is 5.32 Å². The van der Waals surface area contributed by atoms with Crippen LogP contribution in [0.25, 0.3) is 10.9 Å². The summed E-state index contributed by atoms with van der Waals surface area (Å²) in [6, 6.07) is 21.9. The minimum atomic E-state index is 0.0715. The Kier molecular flexibility index (Phi) is 5.82. The number of anilines is 1. The lowest BCUT2D eigenvalue weighted by Crippen LogP contribution is -2.05. The predicted octanol–water partition coefficient (Wildman–Crippen LogP) is 6.80. The average molecular weight is 429 g/mol. The molecule has 156 valence electrons. The molecule has 4 rings (SSSR count). The first-order valence-corrected chi connectivity index (χ1v) is 10.5. The molecule has 0 saturated carbocycles. The fourth-order valence-electron chi connectivity index (χ4n) is 3.55. The van der Waals surface area contributed by atoms with Crippen LogP contribution in [0, 0.1) is 20.8 Å². The molecule has 5 nitrogen and oxygen atoms in total. The summed E-state index contributed by atoms with van der Waals surface area (Å²) >= 11 is 5.35. The van der Waals surface area contributed by atoms with Gasteiger partial charge in [0.05, 0.1) is 12.1 Å². The van der Waals surface area contributed by atoms with E-state index in [0.717, 1.165) is 22.2 Å². The molecule has 4 aromatic rings. The zero-order chi connectivity index (χ0) is 22.0. The van der Waals surface area contributed by atoms with Crippen molar-refractivity contribution in [2.24, 2.45) is 10.2 Å². The van der Waals surface area contributed by atoms with Crippen LogP contribution in [0.15, 0.2) is 77.0 Å². The second-order valence-electron chi connectivity index (χ2n) is 7.63. The first-order valence-electron chi connectivity index (χ1n) is 10.1. The summed E-state index contributed by atoms with van der Waals surface area (Å²) in [6.45, 7) is 6.72. The Morgan fingerprint density at radius 2 is 1.68 bits per heavy atom. The number of benzene rings is 3. The summed E-state index contributed by atoms with van der Waals surface area (Å²) < 4.78 is 1.85. The van der Waals surface area contributed by atoms with Crippen LogP contribution in [-0.4, -0.2) is 14.8 Å². The second kappa shape index (κ2) is 8.70. The Bertz CT molecular complexity index is 1310. The molecule has 0 aliphatic heterocycles. The molecule has 2 N–H and O–H groups in total. The SMILES string of the molecule is Cc1ccc(NC(=S)N=Nc2c(O)n(Cc3ccccc3C)c3ccccc23)cc1C. The molecule has 0 spiro atoms. The fraction of sp³-hybridized carbons (Fsp3) is 0.160. The van der Waals surface area contributed by atoms with Crippen molar-refractivity contribution in [2.75, 3.05) is 5.32 Å². The van der Waals surface area contributed by atoms with Gasteiger partial charge >= 0.3 is 0 Å². The molecule has 0 bridgehead atoms. The quantitative estimate of drug-likeness (QED) is 0.277. The van der Waals surface area contributed by atoms with Crippen molar-refractivity contribution in [3.63, 3.8) is 0 Å². The average Bonchev–Trinajstić information content (AvgIpc) is 3.02. The topological polar surface area (TPSA) is 61.9 Å². The van der Waals surface area contributed by atoms with Gasteiger partial charge in [0.1, 0.15) is 0 Å². The van der Waals surface area contributed by atoms with Crippen molar-refractivity contribution in [2.45, 2.75) is 27.3 Å². The number of nitrogens with zero attached hydrogens (tertiary/aromatic N) is 3. The lowest BCUT2D eigenvalue weighted by atomic mass is 10.1. The molecule has 0 amide bonds. The Labute approximate surface area is 187 Å². The van der Waals surface area contributed by atoms with Gasteiger partial charge in [0, 0.05) is 11.1 Å². The third-order valence-electron chi connectivity index (χ3n) is 5.51. The van der Waals surface area contributed by atoms with Gasteiger partial charge < -0.3 is 15.0 Å². The standard InChI is InChI=1S/C25H24N4OS/c1-16-12-13-20(14-18(16)3)26-25(31)28-27-23-21-10-6-7-11-22(21)29(24(23)30)15-19-9-5-4-8-17(19)2/h4-14,30H,15H2,1-3H3,(H,26,31). The van der Waals surface area contributed by atoms with Crippen molar-refractivity contribution in [3.8, 4) is 5.88 Å². The maximum absolute atomic E-state index is 11.0. The van der Waals surface area contributed by atoms with Crippen LogP contribution in [-0.2, 0) is 6.54 Å².